The van der Waals surface area contributed by atoms with Gasteiger partial charge in [0.05, 0.1) is 6.54 Å². The Balaban J connectivity index is 1.73. The first-order chi connectivity index (χ1) is 11.5. The molecule has 0 aliphatic rings. The molecule has 2 aromatic carbocycles. The molecule has 0 saturated heterocycles. The highest BCUT2D eigenvalue weighted by molar-refractivity contribution is 5.77. The molecule has 124 valence electrons. The van der Waals surface area contributed by atoms with Crippen LogP contribution in [0, 0.1) is 18.8 Å². The zero-order valence-corrected chi connectivity index (χ0v) is 14.3. The van der Waals surface area contributed by atoms with Crippen LogP contribution in [0.25, 0.3) is 0 Å². The zero-order chi connectivity index (χ0) is 17.4. The quantitative estimate of drug-likeness (QED) is 0.861. The van der Waals surface area contributed by atoms with Crippen LogP contribution in [-0.4, -0.2) is 33.2 Å². The van der Waals surface area contributed by atoms with Gasteiger partial charge in [-0.05, 0) is 43.3 Å². The Kier molecular flexibility index (Phi) is 6.27. The van der Waals surface area contributed by atoms with Gasteiger partial charge in [-0.15, -0.1) is 0 Å². The summed E-state index contributed by atoms with van der Waals surface area (Å²) < 4.78 is 5.41. The van der Waals surface area contributed by atoms with Crippen molar-refractivity contribution in [3.8, 4) is 17.6 Å². The van der Waals surface area contributed by atoms with Crippen LogP contribution in [0.4, 0.5) is 5.69 Å². The minimum Gasteiger partial charge on any atom is -0.484 e. The molecular weight excluding hydrogens is 300 g/mol. The zero-order valence-electron chi connectivity index (χ0n) is 14.3. The third kappa shape index (κ3) is 5.69. The van der Waals surface area contributed by atoms with Crippen molar-refractivity contribution in [2.45, 2.75) is 6.92 Å². The highest BCUT2D eigenvalue weighted by atomic mass is 16.5. The van der Waals surface area contributed by atoms with E-state index in [1.165, 1.54) is 0 Å². The molecule has 1 N–H and O–H groups in total. The molecule has 0 fully saturated rings. The van der Waals surface area contributed by atoms with Gasteiger partial charge in [-0.3, -0.25) is 4.79 Å². The van der Waals surface area contributed by atoms with Gasteiger partial charge in [-0.1, -0.05) is 29.5 Å². The number of hydrogen-bond acceptors (Lipinski definition) is 3. The molecule has 2 aromatic rings. The van der Waals surface area contributed by atoms with Gasteiger partial charge in [-0.25, -0.2) is 0 Å². The third-order valence-corrected chi connectivity index (χ3v) is 3.38. The molecule has 0 atom stereocenters. The Morgan fingerprint density at radius 3 is 2.38 bits per heavy atom. The summed E-state index contributed by atoms with van der Waals surface area (Å²) in [4.78, 5) is 13.7. The molecule has 0 radical (unpaired) electrons. The summed E-state index contributed by atoms with van der Waals surface area (Å²) in [5.41, 5.74) is 3.20. The van der Waals surface area contributed by atoms with E-state index in [-0.39, 0.29) is 12.5 Å². The van der Waals surface area contributed by atoms with Gasteiger partial charge in [0.1, 0.15) is 5.75 Å². The van der Waals surface area contributed by atoms with Crippen molar-refractivity contribution in [1.82, 2.24) is 5.32 Å². The standard InChI is InChI=1S/C20H22N2O2/c1-16-6-12-19(13-7-16)24-15-20(23)21-14-4-5-17-8-10-18(11-9-17)22(2)3/h6-13H,14-15H2,1-3H3,(H,21,23). The average molecular weight is 322 g/mol. The summed E-state index contributed by atoms with van der Waals surface area (Å²) in [6.45, 7) is 2.29. The van der Waals surface area contributed by atoms with Crippen molar-refractivity contribution in [2.24, 2.45) is 0 Å². The van der Waals surface area contributed by atoms with Crippen LogP contribution >= 0.6 is 0 Å². The fraction of sp³-hybridized carbons (Fsp3) is 0.250. The van der Waals surface area contributed by atoms with E-state index in [4.69, 9.17) is 4.74 Å². The van der Waals surface area contributed by atoms with Crippen LogP contribution in [0.2, 0.25) is 0 Å². The van der Waals surface area contributed by atoms with Crippen molar-refractivity contribution < 1.29 is 9.53 Å². The van der Waals surface area contributed by atoms with E-state index in [0.29, 0.717) is 12.3 Å². The predicted octanol–water partition coefficient (Wildman–Crippen LogP) is 2.61. The number of ether oxygens (including phenoxy) is 1. The van der Waals surface area contributed by atoms with Crippen molar-refractivity contribution in [2.75, 3.05) is 32.1 Å². The number of carbonyl (C=O) groups is 1. The van der Waals surface area contributed by atoms with E-state index < -0.39 is 0 Å². The number of hydrogen-bond donors (Lipinski definition) is 1. The number of amides is 1. The van der Waals surface area contributed by atoms with Gasteiger partial charge in [0.25, 0.3) is 5.91 Å². The maximum atomic E-state index is 11.7. The van der Waals surface area contributed by atoms with Crippen LogP contribution in [0.3, 0.4) is 0 Å². The van der Waals surface area contributed by atoms with Gasteiger partial charge in [-0.2, -0.15) is 0 Å². The summed E-state index contributed by atoms with van der Waals surface area (Å²) in [7, 11) is 3.99. The van der Waals surface area contributed by atoms with E-state index in [2.05, 4.69) is 17.2 Å². The van der Waals surface area contributed by atoms with Crippen LogP contribution in [0.1, 0.15) is 11.1 Å². The molecule has 0 aromatic heterocycles. The lowest BCUT2D eigenvalue weighted by Gasteiger charge is -2.11. The van der Waals surface area contributed by atoms with E-state index in [9.17, 15) is 4.79 Å². The Morgan fingerprint density at radius 1 is 1.08 bits per heavy atom. The molecule has 0 aliphatic heterocycles. The van der Waals surface area contributed by atoms with Crippen molar-refractivity contribution in [3.05, 3.63) is 59.7 Å². The van der Waals surface area contributed by atoms with Gasteiger partial charge < -0.3 is 15.0 Å². The molecule has 0 aliphatic carbocycles. The van der Waals surface area contributed by atoms with Gasteiger partial charge in [0, 0.05) is 25.3 Å². The van der Waals surface area contributed by atoms with E-state index in [0.717, 1.165) is 16.8 Å². The molecule has 0 bridgehead atoms. The lowest BCUT2D eigenvalue weighted by atomic mass is 10.2. The number of nitrogens with zero attached hydrogens (tertiary/aromatic N) is 1. The number of rotatable bonds is 5. The summed E-state index contributed by atoms with van der Waals surface area (Å²) in [6, 6.07) is 15.5. The fourth-order valence-corrected chi connectivity index (χ4v) is 1.97. The van der Waals surface area contributed by atoms with Crippen molar-refractivity contribution in [3.63, 3.8) is 0 Å². The Morgan fingerprint density at radius 2 is 1.75 bits per heavy atom. The molecule has 0 heterocycles. The molecule has 1 amide bonds. The fourth-order valence-electron chi connectivity index (χ4n) is 1.97. The topological polar surface area (TPSA) is 41.6 Å². The van der Waals surface area contributed by atoms with Crippen LogP contribution in [0.5, 0.6) is 5.75 Å². The summed E-state index contributed by atoms with van der Waals surface area (Å²) in [6.07, 6.45) is 0. The SMILES string of the molecule is Cc1ccc(OCC(=O)NCC#Cc2ccc(N(C)C)cc2)cc1. The average Bonchev–Trinajstić information content (AvgIpc) is 2.58. The second kappa shape index (κ2) is 8.64. The number of anilines is 1. The summed E-state index contributed by atoms with van der Waals surface area (Å²) >= 11 is 0. The normalized spacial score (nSPS) is 9.62. The molecule has 4 heteroatoms. The molecule has 2 rings (SSSR count). The van der Waals surface area contributed by atoms with Crippen LogP contribution in [0.15, 0.2) is 48.5 Å². The van der Waals surface area contributed by atoms with E-state index >= 15 is 0 Å². The first-order valence-electron chi connectivity index (χ1n) is 7.77. The van der Waals surface area contributed by atoms with Crippen molar-refractivity contribution in [1.29, 1.82) is 0 Å². The maximum Gasteiger partial charge on any atom is 0.258 e. The second-order valence-corrected chi connectivity index (χ2v) is 5.62. The third-order valence-electron chi connectivity index (χ3n) is 3.38. The monoisotopic (exact) mass is 322 g/mol. The molecule has 0 spiro atoms. The van der Waals surface area contributed by atoms with Gasteiger partial charge >= 0.3 is 0 Å². The molecular formula is C20H22N2O2. The largest absolute Gasteiger partial charge is 0.484 e. The van der Waals surface area contributed by atoms with Crippen LogP contribution < -0.4 is 15.0 Å². The van der Waals surface area contributed by atoms with Crippen molar-refractivity contribution >= 4 is 11.6 Å². The predicted molar refractivity (Wildman–Crippen MR) is 97.3 cm³/mol. The Bertz CT molecular complexity index is 723. The number of nitrogens with one attached hydrogen (secondary N) is 1. The van der Waals surface area contributed by atoms with Gasteiger partial charge in [0.2, 0.25) is 0 Å². The summed E-state index contributed by atoms with van der Waals surface area (Å²) in [5, 5.41) is 2.72. The Hall–Kier alpha value is -2.93. The first-order valence-corrected chi connectivity index (χ1v) is 7.77. The van der Waals surface area contributed by atoms with Gasteiger partial charge in [0.15, 0.2) is 6.61 Å². The van der Waals surface area contributed by atoms with Crippen LogP contribution in [-0.2, 0) is 4.79 Å². The number of aryl methyl sites for hydroxylation is 1. The minimum absolute atomic E-state index is 0.0116. The first kappa shape index (κ1) is 17.4. The highest BCUT2D eigenvalue weighted by Gasteiger charge is 2.01. The Labute approximate surface area is 143 Å². The molecule has 4 nitrogen and oxygen atoms in total. The molecule has 0 unspecified atom stereocenters. The summed E-state index contributed by atoms with van der Waals surface area (Å²) in [5.74, 6) is 6.45. The smallest absolute Gasteiger partial charge is 0.258 e. The van der Waals surface area contributed by atoms with E-state index in [1.54, 1.807) is 0 Å². The number of carbonyl (C=O) groups excluding carboxylic acids is 1. The number of benzene rings is 2. The lowest BCUT2D eigenvalue weighted by molar-refractivity contribution is -0.122. The molecule has 0 saturated carbocycles. The highest BCUT2D eigenvalue weighted by Crippen LogP contribution is 2.11. The lowest BCUT2D eigenvalue weighted by Crippen LogP contribution is -2.29. The molecule has 24 heavy (non-hydrogen) atoms. The maximum absolute atomic E-state index is 11.7. The minimum atomic E-state index is -0.187. The van der Waals surface area contributed by atoms with E-state index in [1.807, 2.05) is 74.4 Å². The second-order valence-electron chi connectivity index (χ2n) is 5.62.